The van der Waals surface area contributed by atoms with Crippen molar-refractivity contribution in [2.24, 2.45) is 0 Å². The van der Waals surface area contributed by atoms with Crippen LogP contribution in [0.15, 0.2) is 64.3 Å². The van der Waals surface area contributed by atoms with Crippen LogP contribution in [0.1, 0.15) is 15.2 Å². The van der Waals surface area contributed by atoms with Crippen LogP contribution in [0.25, 0.3) is 11.3 Å². The Kier molecular flexibility index (Phi) is 5.52. The van der Waals surface area contributed by atoms with Crippen molar-refractivity contribution in [3.05, 3.63) is 80.3 Å². The van der Waals surface area contributed by atoms with Gasteiger partial charge in [-0.1, -0.05) is 11.6 Å². The molecule has 0 aliphatic carbocycles. The molecule has 0 spiro atoms. The molecule has 10 heteroatoms. The van der Waals surface area contributed by atoms with Gasteiger partial charge in [0.1, 0.15) is 24.3 Å². The number of aromatic nitrogens is 3. The molecule has 0 aliphatic rings. The van der Waals surface area contributed by atoms with Gasteiger partial charge in [0, 0.05) is 17.1 Å². The van der Waals surface area contributed by atoms with Crippen molar-refractivity contribution in [3.8, 4) is 17.3 Å². The van der Waals surface area contributed by atoms with Crippen LogP contribution in [-0.4, -0.2) is 20.3 Å². The molecule has 0 amide bonds. The first-order valence-corrected chi connectivity index (χ1v) is 9.98. The lowest BCUT2D eigenvalue weighted by Crippen LogP contribution is -2.20. The second-order valence-corrected chi connectivity index (χ2v) is 8.02. The number of carbonyl (C=O) groups is 1. The molecular weight excluding hydrogens is 426 g/mol. The third-order valence-corrected chi connectivity index (χ3v) is 5.51. The van der Waals surface area contributed by atoms with Crippen LogP contribution >= 0.6 is 22.9 Å². The lowest BCUT2D eigenvalue weighted by Gasteiger charge is -2.06. The third kappa shape index (κ3) is 3.91. The van der Waals surface area contributed by atoms with Crippen LogP contribution in [0.5, 0.6) is 0 Å². The zero-order valence-electron chi connectivity index (χ0n) is 15.4. The van der Waals surface area contributed by atoms with E-state index in [0.29, 0.717) is 28.0 Å². The molecule has 150 valence electrons. The van der Waals surface area contributed by atoms with E-state index >= 15 is 0 Å². The highest BCUT2D eigenvalue weighted by atomic mass is 35.5. The Morgan fingerprint density at radius 3 is 2.90 bits per heavy atom. The van der Waals surface area contributed by atoms with Crippen molar-refractivity contribution in [1.82, 2.24) is 14.3 Å². The van der Waals surface area contributed by atoms with E-state index in [1.165, 1.54) is 45.4 Å². The number of nitrogens with one attached hydrogen (secondary N) is 1. The number of thiophene rings is 1. The number of hydrogen-bond acceptors (Lipinski definition) is 7. The molecule has 4 aromatic heterocycles. The molecule has 0 aliphatic heterocycles. The minimum atomic E-state index is -0.407. The molecule has 0 atom stereocenters. The Morgan fingerprint density at radius 2 is 2.20 bits per heavy atom. The normalized spacial score (nSPS) is 10.7. The van der Waals surface area contributed by atoms with E-state index in [9.17, 15) is 9.59 Å². The second-order valence-electron chi connectivity index (χ2n) is 6.22. The number of nitriles is 1. The Balaban J connectivity index is 1.74. The van der Waals surface area contributed by atoms with Gasteiger partial charge < -0.3 is 14.3 Å². The summed E-state index contributed by atoms with van der Waals surface area (Å²) in [5, 5.41) is 16.4. The van der Waals surface area contributed by atoms with Crippen LogP contribution in [0, 0.1) is 11.3 Å². The SMILES string of the molecule is N#CCn1cccc(-c2cc(NCc3ccc(Cl)s3)n(C(=O)c3ccoc3)n2)c1=O. The van der Waals surface area contributed by atoms with E-state index in [1.54, 1.807) is 24.3 Å². The second kappa shape index (κ2) is 8.41. The van der Waals surface area contributed by atoms with Crippen molar-refractivity contribution in [2.75, 3.05) is 5.32 Å². The van der Waals surface area contributed by atoms with Gasteiger partial charge in [-0.05, 0) is 30.3 Å². The highest BCUT2D eigenvalue weighted by molar-refractivity contribution is 7.16. The molecule has 0 saturated heterocycles. The van der Waals surface area contributed by atoms with Gasteiger partial charge in [-0.2, -0.15) is 15.0 Å². The first-order valence-electron chi connectivity index (χ1n) is 8.78. The summed E-state index contributed by atoms with van der Waals surface area (Å²) in [6.45, 7) is 0.347. The molecule has 0 bridgehead atoms. The highest BCUT2D eigenvalue weighted by Gasteiger charge is 2.19. The van der Waals surface area contributed by atoms with E-state index in [2.05, 4.69) is 10.4 Å². The summed E-state index contributed by atoms with van der Waals surface area (Å²) in [6.07, 6.45) is 4.26. The lowest BCUT2D eigenvalue weighted by molar-refractivity contribution is 0.0947. The predicted molar refractivity (Wildman–Crippen MR) is 113 cm³/mol. The molecule has 1 N–H and O–H groups in total. The summed E-state index contributed by atoms with van der Waals surface area (Å²) < 4.78 is 8.14. The minimum absolute atomic E-state index is 0.0778. The van der Waals surface area contributed by atoms with Crippen molar-refractivity contribution >= 4 is 34.7 Å². The van der Waals surface area contributed by atoms with Gasteiger partial charge in [0.2, 0.25) is 0 Å². The Labute approximate surface area is 179 Å². The molecule has 0 saturated carbocycles. The van der Waals surface area contributed by atoms with Crippen LogP contribution in [0.3, 0.4) is 0 Å². The Hall–Kier alpha value is -3.61. The zero-order chi connectivity index (χ0) is 21.1. The van der Waals surface area contributed by atoms with E-state index in [4.69, 9.17) is 21.3 Å². The first kappa shape index (κ1) is 19.7. The molecule has 4 heterocycles. The van der Waals surface area contributed by atoms with Crippen LogP contribution < -0.4 is 10.9 Å². The fourth-order valence-electron chi connectivity index (χ4n) is 2.86. The van der Waals surface area contributed by atoms with Crippen molar-refractivity contribution in [3.63, 3.8) is 0 Å². The molecule has 0 radical (unpaired) electrons. The van der Waals surface area contributed by atoms with Crippen molar-refractivity contribution < 1.29 is 9.21 Å². The maximum atomic E-state index is 12.9. The smallest absolute Gasteiger partial charge is 0.283 e. The van der Waals surface area contributed by atoms with Crippen LogP contribution in [0.4, 0.5) is 5.82 Å². The van der Waals surface area contributed by atoms with E-state index in [-0.39, 0.29) is 17.7 Å². The predicted octanol–water partition coefficient (Wildman–Crippen LogP) is 3.84. The maximum absolute atomic E-state index is 12.9. The number of nitrogens with zero attached hydrogens (tertiary/aromatic N) is 4. The van der Waals surface area contributed by atoms with Gasteiger partial charge >= 0.3 is 0 Å². The fourth-order valence-corrected chi connectivity index (χ4v) is 3.89. The summed E-state index contributed by atoms with van der Waals surface area (Å²) in [6, 6.07) is 12.1. The first-order chi connectivity index (χ1) is 14.6. The van der Waals surface area contributed by atoms with Crippen molar-refractivity contribution in [2.45, 2.75) is 13.1 Å². The van der Waals surface area contributed by atoms with Crippen molar-refractivity contribution in [1.29, 1.82) is 5.26 Å². The maximum Gasteiger partial charge on any atom is 0.283 e. The largest absolute Gasteiger partial charge is 0.472 e. The molecule has 0 unspecified atom stereocenters. The average Bonchev–Trinajstić information content (AvgIpc) is 3.48. The molecule has 8 nitrogen and oxygen atoms in total. The van der Waals surface area contributed by atoms with Gasteiger partial charge in [0.15, 0.2) is 0 Å². The van der Waals surface area contributed by atoms with Gasteiger partial charge in [-0.3, -0.25) is 9.59 Å². The number of anilines is 1. The average molecular weight is 440 g/mol. The number of pyridine rings is 1. The number of hydrogen-bond donors (Lipinski definition) is 1. The molecule has 4 aromatic rings. The van der Waals surface area contributed by atoms with Gasteiger partial charge in [0.05, 0.1) is 34.3 Å². The lowest BCUT2D eigenvalue weighted by atomic mass is 10.2. The summed E-state index contributed by atoms with van der Waals surface area (Å²) in [4.78, 5) is 26.6. The van der Waals surface area contributed by atoms with Gasteiger partial charge in [-0.25, -0.2) is 0 Å². The van der Waals surface area contributed by atoms with Crippen LogP contribution in [0.2, 0.25) is 4.34 Å². The van der Waals surface area contributed by atoms with Gasteiger partial charge in [-0.15, -0.1) is 11.3 Å². The third-order valence-electron chi connectivity index (χ3n) is 4.28. The Bertz CT molecular complexity index is 1300. The number of furan rings is 1. The van der Waals surface area contributed by atoms with Crippen LogP contribution in [-0.2, 0) is 13.1 Å². The molecule has 4 rings (SSSR count). The molecule has 0 fully saturated rings. The quantitative estimate of drug-likeness (QED) is 0.489. The number of rotatable bonds is 6. The summed E-state index contributed by atoms with van der Waals surface area (Å²) in [5.41, 5.74) is 0.558. The van der Waals surface area contributed by atoms with E-state index < -0.39 is 5.91 Å². The van der Waals surface area contributed by atoms with Gasteiger partial charge in [0.25, 0.3) is 11.5 Å². The standard InChI is InChI=1S/C20H14ClN5O3S/c21-17-4-3-14(30-17)11-23-18-10-16(15-2-1-7-25(8-6-22)20(15)28)24-26(18)19(27)13-5-9-29-12-13/h1-5,7,9-10,12,23H,8,11H2. The number of carbonyl (C=O) groups excluding carboxylic acids is 1. The minimum Gasteiger partial charge on any atom is -0.472 e. The number of halogens is 1. The molecular formula is C20H14ClN5O3S. The Morgan fingerprint density at radius 1 is 1.33 bits per heavy atom. The molecule has 30 heavy (non-hydrogen) atoms. The summed E-state index contributed by atoms with van der Waals surface area (Å²) >= 11 is 7.40. The fraction of sp³-hybridized carbons (Fsp3) is 0.100. The summed E-state index contributed by atoms with van der Waals surface area (Å²) in [7, 11) is 0. The van der Waals surface area contributed by atoms with E-state index in [0.717, 1.165) is 4.88 Å². The molecule has 0 aromatic carbocycles. The highest BCUT2D eigenvalue weighted by Crippen LogP contribution is 2.24. The zero-order valence-corrected chi connectivity index (χ0v) is 17.0. The summed E-state index contributed by atoms with van der Waals surface area (Å²) in [5.74, 6) is 0.00537. The monoisotopic (exact) mass is 439 g/mol. The van der Waals surface area contributed by atoms with E-state index in [1.807, 2.05) is 12.1 Å². The topological polar surface area (TPSA) is 106 Å².